The predicted molar refractivity (Wildman–Crippen MR) is 123 cm³/mol. The van der Waals surface area contributed by atoms with Gasteiger partial charge in [0.15, 0.2) is 11.5 Å². The maximum Gasteiger partial charge on any atom is 0.276 e. The van der Waals surface area contributed by atoms with Crippen molar-refractivity contribution in [2.45, 2.75) is 11.8 Å². The minimum absolute atomic E-state index is 0.118. The highest BCUT2D eigenvalue weighted by atomic mass is 32.2. The lowest BCUT2D eigenvalue weighted by atomic mass is 10.1. The van der Waals surface area contributed by atoms with E-state index in [4.69, 9.17) is 9.47 Å². The Kier molecular flexibility index (Phi) is 7.11. The van der Waals surface area contributed by atoms with E-state index >= 15 is 0 Å². The number of rotatable bonds is 8. The van der Waals surface area contributed by atoms with Crippen LogP contribution >= 0.6 is 0 Å². The van der Waals surface area contributed by atoms with Crippen molar-refractivity contribution in [3.8, 4) is 11.5 Å². The third kappa shape index (κ3) is 5.44. The van der Waals surface area contributed by atoms with E-state index in [1.165, 1.54) is 26.4 Å². The van der Waals surface area contributed by atoms with Gasteiger partial charge in [0.25, 0.3) is 15.9 Å². The summed E-state index contributed by atoms with van der Waals surface area (Å²) in [6.45, 7) is 1.67. The maximum absolute atomic E-state index is 12.6. The zero-order valence-corrected chi connectivity index (χ0v) is 18.6. The summed E-state index contributed by atoms with van der Waals surface area (Å²) in [5.74, 6) is 0.640. The molecule has 166 valence electrons. The summed E-state index contributed by atoms with van der Waals surface area (Å²) in [4.78, 5) is 15.0. The first-order valence-electron chi connectivity index (χ1n) is 9.59. The predicted octanol–water partition coefficient (Wildman–Crippen LogP) is 3.66. The number of methoxy groups -OCH3 is 2. The van der Waals surface area contributed by atoms with Gasteiger partial charge < -0.3 is 14.8 Å². The van der Waals surface area contributed by atoms with Crippen LogP contribution in [0.1, 0.15) is 22.8 Å². The molecule has 8 nitrogen and oxygen atoms in total. The smallest absolute Gasteiger partial charge is 0.276 e. The topological polar surface area (TPSA) is 106 Å². The van der Waals surface area contributed by atoms with Crippen molar-refractivity contribution >= 4 is 27.3 Å². The van der Waals surface area contributed by atoms with Crippen LogP contribution in [0.15, 0.2) is 82.8 Å². The van der Waals surface area contributed by atoms with Crippen LogP contribution < -0.4 is 19.6 Å². The van der Waals surface area contributed by atoms with Crippen LogP contribution in [0, 0.1) is 0 Å². The Balaban J connectivity index is 1.75. The van der Waals surface area contributed by atoms with Crippen LogP contribution in [-0.2, 0) is 10.0 Å². The summed E-state index contributed by atoms with van der Waals surface area (Å²) in [6.07, 6.45) is 0. The van der Waals surface area contributed by atoms with E-state index < -0.39 is 10.0 Å². The molecule has 3 aromatic rings. The Morgan fingerprint density at radius 2 is 1.56 bits per heavy atom. The lowest BCUT2D eigenvalue weighted by molar-refractivity contribution is 0.102. The molecule has 0 bridgehead atoms. The Hall–Kier alpha value is -3.85. The van der Waals surface area contributed by atoms with Crippen molar-refractivity contribution in [1.82, 2.24) is 4.83 Å². The standard InChI is InChI=1S/C23H23N3O5S/c1-16(25-26-32(28,29)20-10-5-4-6-11-20)17-8-7-9-19(14-17)24-23(27)18-12-13-21(30-2)22(15-18)31-3/h4-15,26H,1-3H3,(H,24,27)/b25-16+. The van der Waals surface area contributed by atoms with Gasteiger partial charge in [-0.2, -0.15) is 18.4 Å². The fraction of sp³-hybridized carbons (Fsp3) is 0.130. The number of anilines is 1. The molecule has 32 heavy (non-hydrogen) atoms. The van der Waals surface area contributed by atoms with Gasteiger partial charge in [0.2, 0.25) is 0 Å². The SMILES string of the molecule is COc1ccc(C(=O)Nc2cccc(/C(C)=N/NS(=O)(=O)c3ccccc3)c2)cc1OC. The number of benzene rings is 3. The van der Waals surface area contributed by atoms with E-state index in [-0.39, 0.29) is 10.8 Å². The number of carbonyl (C=O) groups excluding carboxylic acids is 1. The first-order valence-corrected chi connectivity index (χ1v) is 11.1. The minimum Gasteiger partial charge on any atom is -0.493 e. The molecule has 1 amide bonds. The zero-order valence-electron chi connectivity index (χ0n) is 17.8. The molecule has 0 unspecified atom stereocenters. The summed E-state index contributed by atoms with van der Waals surface area (Å²) >= 11 is 0. The number of nitrogens with zero attached hydrogens (tertiary/aromatic N) is 1. The van der Waals surface area contributed by atoms with Crippen molar-refractivity contribution in [3.63, 3.8) is 0 Å². The fourth-order valence-electron chi connectivity index (χ4n) is 2.85. The molecule has 0 saturated carbocycles. The molecule has 0 aliphatic rings. The van der Waals surface area contributed by atoms with Crippen molar-refractivity contribution in [3.05, 3.63) is 83.9 Å². The molecule has 0 radical (unpaired) electrons. The Morgan fingerprint density at radius 1 is 0.844 bits per heavy atom. The summed E-state index contributed by atoms with van der Waals surface area (Å²) < 4.78 is 35.1. The molecule has 2 N–H and O–H groups in total. The molecule has 9 heteroatoms. The quantitative estimate of drug-likeness (QED) is 0.400. The molecule has 0 aliphatic carbocycles. The summed E-state index contributed by atoms with van der Waals surface area (Å²) in [5, 5.41) is 6.81. The second kappa shape index (κ2) is 9.97. The number of hydrazone groups is 1. The van der Waals surface area contributed by atoms with Gasteiger partial charge in [-0.05, 0) is 55.0 Å². The first kappa shape index (κ1) is 22.8. The van der Waals surface area contributed by atoms with E-state index in [9.17, 15) is 13.2 Å². The number of ether oxygens (including phenoxy) is 2. The van der Waals surface area contributed by atoms with E-state index in [1.807, 2.05) is 0 Å². The monoisotopic (exact) mass is 453 g/mol. The second-order valence-corrected chi connectivity index (χ2v) is 8.37. The van der Waals surface area contributed by atoms with E-state index in [1.54, 1.807) is 67.6 Å². The maximum atomic E-state index is 12.6. The van der Waals surface area contributed by atoms with Gasteiger partial charge >= 0.3 is 0 Å². The molecule has 0 aromatic heterocycles. The number of sulfonamides is 1. The van der Waals surface area contributed by atoms with Crippen molar-refractivity contribution < 1.29 is 22.7 Å². The fourth-order valence-corrected chi connectivity index (χ4v) is 3.73. The van der Waals surface area contributed by atoms with Crippen LogP contribution in [0.4, 0.5) is 5.69 Å². The van der Waals surface area contributed by atoms with E-state index in [0.29, 0.717) is 34.0 Å². The van der Waals surface area contributed by atoms with Gasteiger partial charge in [-0.15, -0.1) is 0 Å². The van der Waals surface area contributed by atoms with Gasteiger partial charge in [-0.25, -0.2) is 0 Å². The Labute approximate surface area is 186 Å². The molecule has 0 heterocycles. The minimum atomic E-state index is -3.77. The lowest BCUT2D eigenvalue weighted by Crippen LogP contribution is -2.20. The van der Waals surface area contributed by atoms with Crippen molar-refractivity contribution in [2.24, 2.45) is 5.10 Å². The summed E-state index contributed by atoms with van der Waals surface area (Å²) in [7, 11) is -0.752. The average Bonchev–Trinajstić information content (AvgIpc) is 2.82. The van der Waals surface area contributed by atoms with Crippen LogP contribution in [-0.4, -0.2) is 34.3 Å². The lowest BCUT2D eigenvalue weighted by Gasteiger charge is -2.11. The normalized spacial score (nSPS) is 11.5. The van der Waals surface area contributed by atoms with Crippen molar-refractivity contribution in [2.75, 3.05) is 19.5 Å². The third-order valence-electron chi connectivity index (χ3n) is 4.57. The largest absolute Gasteiger partial charge is 0.493 e. The molecular formula is C23H23N3O5S. The van der Waals surface area contributed by atoms with E-state index in [0.717, 1.165) is 0 Å². The first-order chi connectivity index (χ1) is 15.3. The highest BCUT2D eigenvalue weighted by molar-refractivity contribution is 7.89. The van der Waals surface area contributed by atoms with Crippen LogP contribution in [0.3, 0.4) is 0 Å². The highest BCUT2D eigenvalue weighted by Gasteiger charge is 2.13. The van der Waals surface area contributed by atoms with E-state index in [2.05, 4.69) is 15.2 Å². The number of nitrogens with one attached hydrogen (secondary N) is 2. The number of hydrogen-bond donors (Lipinski definition) is 2. The second-order valence-electron chi connectivity index (χ2n) is 6.71. The van der Waals surface area contributed by atoms with Gasteiger partial charge in [-0.3, -0.25) is 4.79 Å². The van der Waals surface area contributed by atoms with Gasteiger partial charge in [0.1, 0.15) is 0 Å². The Morgan fingerprint density at radius 3 is 2.25 bits per heavy atom. The summed E-state index contributed by atoms with van der Waals surface area (Å²) in [6, 6.07) is 19.8. The molecule has 3 rings (SSSR count). The molecule has 3 aromatic carbocycles. The molecular weight excluding hydrogens is 430 g/mol. The average molecular weight is 454 g/mol. The summed E-state index contributed by atoms with van der Waals surface area (Å²) in [5.41, 5.74) is 2.01. The third-order valence-corrected chi connectivity index (χ3v) is 5.80. The molecule has 0 spiro atoms. The van der Waals surface area contributed by atoms with Gasteiger partial charge in [-0.1, -0.05) is 30.3 Å². The number of hydrogen-bond acceptors (Lipinski definition) is 6. The Bertz CT molecular complexity index is 1240. The van der Waals surface area contributed by atoms with Gasteiger partial charge in [0.05, 0.1) is 24.8 Å². The van der Waals surface area contributed by atoms with Crippen molar-refractivity contribution in [1.29, 1.82) is 0 Å². The molecule has 0 fully saturated rings. The molecule has 0 saturated heterocycles. The zero-order chi connectivity index (χ0) is 23.1. The molecule has 0 aliphatic heterocycles. The number of amides is 1. The van der Waals surface area contributed by atoms with Crippen LogP contribution in [0.5, 0.6) is 11.5 Å². The number of carbonyl (C=O) groups is 1. The van der Waals surface area contributed by atoms with Gasteiger partial charge in [0, 0.05) is 11.3 Å². The highest BCUT2D eigenvalue weighted by Crippen LogP contribution is 2.28. The van der Waals surface area contributed by atoms with Crippen LogP contribution in [0.25, 0.3) is 0 Å². The van der Waals surface area contributed by atoms with Crippen LogP contribution in [0.2, 0.25) is 0 Å². The molecule has 0 atom stereocenters.